The van der Waals surface area contributed by atoms with E-state index in [9.17, 15) is 9.59 Å². The summed E-state index contributed by atoms with van der Waals surface area (Å²) in [4.78, 5) is 25.9. The van der Waals surface area contributed by atoms with Crippen LogP contribution in [0.15, 0.2) is 30.3 Å². The fourth-order valence-electron chi connectivity index (χ4n) is 2.83. The first-order chi connectivity index (χ1) is 12.3. The summed E-state index contributed by atoms with van der Waals surface area (Å²) in [7, 11) is 0. The second kappa shape index (κ2) is 7.25. The van der Waals surface area contributed by atoms with Crippen LogP contribution in [0.2, 0.25) is 5.02 Å². The maximum absolute atomic E-state index is 12.5. The molecule has 1 N–H and O–H groups in total. The van der Waals surface area contributed by atoms with Gasteiger partial charge in [-0.3, -0.25) is 9.59 Å². The van der Waals surface area contributed by atoms with Crippen LogP contribution in [0.4, 0.5) is 11.4 Å². The first-order valence-corrected chi connectivity index (χ1v) is 8.47. The van der Waals surface area contributed by atoms with Crippen LogP contribution < -0.4 is 19.7 Å². The predicted octanol–water partition coefficient (Wildman–Crippen LogP) is 3.68. The van der Waals surface area contributed by atoms with Gasteiger partial charge in [0.2, 0.25) is 18.6 Å². The number of amides is 2. The number of benzene rings is 2. The zero-order chi connectivity index (χ0) is 18.8. The smallest absolute Gasteiger partial charge is 0.244 e. The lowest BCUT2D eigenvalue weighted by molar-refractivity contribution is -0.120. The van der Waals surface area contributed by atoms with E-state index in [1.807, 2.05) is 19.9 Å². The number of halogens is 1. The molecule has 0 radical (unpaired) electrons. The lowest BCUT2D eigenvalue weighted by atomic mass is 10.1. The van der Waals surface area contributed by atoms with Crippen molar-refractivity contribution in [2.45, 2.75) is 20.8 Å². The number of hydrogen-bond donors (Lipinski definition) is 1. The van der Waals surface area contributed by atoms with Gasteiger partial charge in [-0.1, -0.05) is 17.7 Å². The highest BCUT2D eigenvalue weighted by Gasteiger charge is 2.21. The molecular formula is C19H19ClN2O4. The van der Waals surface area contributed by atoms with Gasteiger partial charge >= 0.3 is 0 Å². The molecule has 7 heteroatoms. The highest BCUT2D eigenvalue weighted by atomic mass is 35.5. The number of carbonyl (C=O) groups excluding carboxylic acids is 2. The number of carbonyl (C=O) groups is 2. The number of ether oxygens (including phenoxy) is 2. The van der Waals surface area contributed by atoms with Gasteiger partial charge in [-0.25, -0.2) is 0 Å². The number of nitrogens with one attached hydrogen (secondary N) is 1. The van der Waals surface area contributed by atoms with Gasteiger partial charge in [0.25, 0.3) is 0 Å². The summed E-state index contributed by atoms with van der Waals surface area (Å²) in [6, 6.07) is 8.83. The monoisotopic (exact) mass is 374 g/mol. The van der Waals surface area contributed by atoms with E-state index in [0.29, 0.717) is 27.9 Å². The van der Waals surface area contributed by atoms with E-state index < -0.39 is 0 Å². The summed E-state index contributed by atoms with van der Waals surface area (Å²) in [5.74, 6) is 0.563. The van der Waals surface area contributed by atoms with Crippen molar-refractivity contribution < 1.29 is 19.1 Å². The van der Waals surface area contributed by atoms with Crippen LogP contribution in [-0.2, 0) is 9.59 Å². The summed E-state index contributed by atoms with van der Waals surface area (Å²) in [5, 5.41) is 3.26. The van der Waals surface area contributed by atoms with Crippen molar-refractivity contribution in [1.82, 2.24) is 0 Å². The van der Waals surface area contributed by atoms with E-state index in [0.717, 1.165) is 11.1 Å². The van der Waals surface area contributed by atoms with Gasteiger partial charge in [0, 0.05) is 18.7 Å². The van der Waals surface area contributed by atoms with Crippen molar-refractivity contribution in [2.75, 3.05) is 23.6 Å². The highest BCUT2D eigenvalue weighted by molar-refractivity contribution is 6.34. The molecule has 0 aliphatic carbocycles. The third-order valence-corrected chi connectivity index (χ3v) is 4.34. The van der Waals surface area contributed by atoms with Crippen LogP contribution in [0.25, 0.3) is 0 Å². The van der Waals surface area contributed by atoms with Crippen molar-refractivity contribution in [1.29, 1.82) is 0 Å². The summed E-state index contributed by atoms with van der Waals surface area (Å²) in [5.41, 5.74) is 2.98. The van der Waals surface area contributed by atoms with E-state index >= 15 is 0 Å². The Balaban J connectivity index is 1.78. The molecule has 136 valence electrons. The molecule has 0 fully saturated rings. The molecule has 0 atom stereocenters. The summed E-state index contributed by atoms with van der Waals surface area (Å²) < 4.78 is 10.6. The van der Waals surface area contributed by atoms with E-state index in [2.05, 4.69) is 5.32 Å². The third kappa shape index (κ3) is 3.75. The van der Waals surface area contributed by atoms with Gasteiger partial charge < -0.3 is 19.7 Å². The fourth-order valence-corrected chi connectivity index (χ4v) is 3.20. The second-order valence-corrected chi connectivity index (χ2v) is 6.54. The Hall–Kier alpha value is -2.73. The molecule has 0 aromatic heterocycles. The van der Waals surface area contributed by atoms with Gasteiger partial charge in [0.1, 0.15) is 6.54 Å². The van der Waals surface area contributed by atoms with E-state index in [-0.39, 0.29) is 25.2 Å². The van der Waals surface area contributed by atoms with E-state index in [4.69, 9.17) is 21.1 Å². The van der Waals surface area contributed by atoms with E-state index in [1.54, 1.807) is 24.3 Å². The maximum atomic E-state index is 12.5. The molecule has 26 heavy (non-hydrogen) atoms. The van der Waals surface area contributed by atoms with Gasteiger partial charge in [-0.15, -0.1) is 0 Å². The number of nitrogens with zero attached hydrogens (tertiary/aromatic N) is 1. The minimum Gasteiger partial charge on any atom is -0.454 e. The Morgan fingerprint density at radius 1 is 1.15 bits per heavy atom. The fraction of sp³-hybridized carbons (Fsp3) is 0.263. The number of aryl methyl sites for hydroxylation is 2. The average Bonchev–Trinajstić information content (AvgIpc) is 3.03. The average molecular weight is 375 g/mol. The van der Waals surface area contributed by atoms with E-state index in [1.165, 1.54) is 11.8 Å². The van der Waals surface area contributed by atoms with Gasteiger partial charge in [-0.05, 0) is 43.2 Å². The maximum Gasteiger partial charge on any atom is 0.244 e. The zero-order valence-electron chi connectivity index (χ0n) is 14.8. The molecule has 1 aliphatic rings. The Bertz CT molecular complexity index is 859. The zero-order valence-corrected chi connectivity index (χ0v) is 15.5. The molecule has 0 saturated heterocycles. The number of rotatable bonds is 4. The summed E-state index contributed by atoms with van der Waals surface area (Å²) >= 11 is 6.23. The minimum absolute atomic E-state index is 0.140. The molecule has 0 unspecified atom stereocenters. The molecule has 1 aliphatic heterocycles. The largest absolute Gasteiger partial charge is 0.454 e. The van der Waals surface area contributed by atoms with Gasteiger partial charge in [0.15, 0.2) is 11.5 Å². The molecular weight excluding hydrogens is 356 g/mol. The number of fused-ring (bicyclic) bond motifs is 1. The van der Waals surface area contributed by atoms with Gasteiger partial charge in [0.05, 0.1) is 10.7 Å². The van der Waals surface area contributed by atoms with Crippen molar-refractivity contribution >= 4 is 34.8 Å². The normalized spacial score (nSPS) is 12.0. The van der Waals surface area contributed by atoms with Crippen molar-refractivity contribution in [3.63, 3.8) is 0 Å². The van der Waals surface area contributed by atoms with Crippen LogP contribution in [0.3, 0.4) is 0 Å². The Morgan fingerprint density at radius 2 is 1.88 bits per heavy atom. The van der Waals surface area contributed by atoms with Crippen molar-refractivity contribution in [3.8, 4) is 11.5 Å². The summed E-state index contributed by atoms with van der Waals surface area (Å²) in [6.07, 6.45) is 0. The number of hydrogen-bond acceptors (Lipinski definition) is 4. The van der Waals surface area contributed by atoms with Crippen LogP contribution >= 0.6 is 11.6 Å². The Kier molecular flexibility index (Phi) is 5.04. The standard InChI is InChI=1S/C19H19ClN2O4/c1-11-6-12(2)19(15(20)7-11)21-18(24)9-22(13(3)23)14-4-5-16-17(8-14)26-10-25-16/h4-8H,9-10H2,1-3H3,(H,21,24). The van der Waals surface area contributed by atoms with Crippen LogP contribution in [-0.4, -0.2) is 25.2 Å². The molecule has 6 nitrogen and oxygen atoms in total. The molecule has 1 heterocycles. The SMILES string of the molecule is CC(=O)N(CC(=O)Nc1c(C)cc(C)cc1Cl)c1ccc2c(c1)OCO2. The lowest BCUT2D eigenvalue weighted by Gasteiger charge is -2.21. The van der Waals surface area contributed by atoms with Crippen LogP contribution in [0.5, 0.6) is 11.5 Å². The van der Waals surface area contributed by atoms with Crippen molar-refractivity contribution in [2.24, 2.45) is 0 Å². The highest BCUT2D eigenvalue weighted by Crippen LogP contribution is 2.35. The summed E-state index contributed by atoms with van der Waals surface area (Å²) in [6.45, 7) is 5.21. The molecule has 0 spiro atoms. The number of anilines is 2. The topological polar surface area (TPSA) is 67.9 Å². The van der Waals surface area contributed by atoms with Crippen LogP contribution in [0.1, 0.15) is 18.1 Å². The van der Waals surface area contributed by atoms with Crippen molar-refractivity contribution in [3.05, 3.63) is 46.5 Å². The lowest BCUT2D eigenvalue weighted by Crippen LogP contribution is -2.36. The molecule has 2 amide bonds. The third-order valence-electron chi connectivity index (χ3n) is 4.05. The predicted molar refractivity (Wildman–Crippen MR) is 100 cm³/mol. The first kappa shape index (κ1) is 18.1. The molecule has 2 aromatic rings. The second-order valence-electron chi connectivity index (χ2n) is 6.13. The van der Waals surface area contributed by atoms with Gasteiger partial charge in [-0.2, -0.15) is 0 Å². The molecule has 0 bridgehead atoms. The Labute approximate surface area is 156 Å². The molecule has 0 saturated carbocycles. The Morgan fingerprint density at radius 3 is 2.58 bits per heavy atom. The molecule has 3 rings (SSSR count). The first-order valence-electron chi connectivity index (χ1n) is 8.09. The quantitative estimate of drug-likeness (QED) is 0.886. The molecule has 2 aromatic carbocycles. The minimum atomic E-state index is -0.341. The van der Waals surface area contributed by atoms with Crippen LogP contribution in [0, 0.1) is 13.8 Å².